The molecule has 0 spiro atoms. The Hall–Kier alpha value is -3.53. The zero-order valence-corrected chi connectivity index (χ0v) is 20.1. The van der Waals surface area contributed by atoms with Crippen LogP contribution in [0.15, 0.2) is 42.2 Å². The fraction of sp³-hybridized carbons (Fsp3) is 0.500. The average Bonchev–Trinajstić information content (AvgIpc) is 2.90. The van der Waals surface area contributed by atoms with E-state index in [0.717, 1.165) is 0 Å². The van der Waals surface area contributed by atoms with E-state index < -0.39 is 80.4 Å². The second-order valence-corrected chi connectivity index (χ2v) is 8.25. The van der Waals surface area contributed by atoms with Crippen molar-refractivity contribution in [1.29, 1.82) is 0 Å². The summed E-state index contributed by atoms with van der Waals surface area (Å²) in [6.07, 6.45) is -8.56. The Kier molecular flexibility index (Phi) is 6.11. The van der Waals surface area contributed by atoms with E-state index >= 15 is 0 Å². The fourth-order valence-corrected chi connectivity index (χ4v) is 2.58. The molecule has 36 heavy (non-hydrogen) atoms. The van der Waals surface area contributed by atoms with E-state index in [1.807, 2.05) is 0 Å². The van der Waals surface area contributed by atoms with Gasteiger partial charge in [0.05, 0.1) is 37.8 Å². The van der Waals surface area contributed by atoms with E-state index in [0.29, 0.717) is 6.08 Å². The van der Waals surface area contributed by atoms with Gasteiger partial charge >= 0.3 is 12.2 Å². The van der Waals surface area contributed by atoms with Crippen LogP contribution in [-0.2, 0) is 19.0 Å². The lowest BCUT2D eigenvalue weighted by Gasteiger charge is -2.25. The van der Waals surface area contributed by atoms with Crippen molar-refractivity contribution in [3.05, 3.63) is 47.7 Å². The zero-order chi connectivity index (χ0) is 36.9. The predicted octanol–water partition coefficient (Wildman–Crippen LogP) is 3.38. The topological polar surface area (TPSA) is 124 Å². The van der Waals surface area contributed by atoms with Crippen molar-refractivity contribution >= 4 is 24.1 Å². The number of carbonyl (C=O) groups excluding carboxylic acids is 3. The maximum atomic E-state index is 12.2. The molecule has 1 aliphatic rings. The van der Waals surface area contributed by atoms with E-state index in [4.69, 9.17) is 35.4 Å². The molecule has 0 saturated carbocycles. The predicted molar refractivity (Wildman–Crippen MR) is 135 cm³/mol. The molecule has 10 heteroatoms. The molecule has 2 rings (SSSR count). The Balaban J connectivity index is 2.12. The second-order valence-electron chi connectivity index (χ2n) is 8.25. The van der Waals surface area contributed by atoms with Crippen LogP contribution in [0, 0.1) is 5.89 Å². The Morgan fingerprint density at radius 3 is 2.58 bits per heavy atom. The molecule has 10 nitrogen and oxygen atoms in total. The smallest absolute Gasteiger partial charge is 0.412 e. The van der Waals surface area contributed by atoms with E-state index in [2.05, 4.69) is 16.0 Å². The summed E-state index contributed by atoms with van der Waals surface area (Å²) in [6, 6.07) is 3.01. The first-order valence-electron chi connectivity index (χ1n) is 16.8. The zero-order valence-electron chi connectivity index (χ0n) is 32.1. The highest BCUT2D eigenvalue weighted by atomic mass is 16.6. The van der Waals surface area contributed by atoms with Gasteiger partial charge in [0.15, 0.2) is 0 Å². The molecule has 0 bridgehead atoms. The van der Waals surface area contributed by atoms with Gasteiger partial charge in [-0.1, -0.05) is 24.2 Å². The van der Waals surface area contributed by atoms with Crippen molar-refractivity contribution in [3.8, 4) is 5.75 Å². The minimum atomic E-state index is -3.36. The molecule has 0 heterocycles. The first-order valence-corrected chi connectivity index (χ1v) is 10.8. The summed E-state index contributed by atoms with van der Waals surface area (Å²) >= 11 is 0. The van der Waals surface area contributed by atoms with Crippen LogP contribution in [0.1, 0.15) is 55.6 Å². The van der Waals surface area contributed by atoms with Crippen molar-refractivity contribution in [1.82, 2.24) is 16.0 Å². The largest absolute Gasteiger partial charge is 0.501 e. The molecular formula is C26H37N3O7. The van der Waals surface area contributed by atoms with Gasteiger partial charge in [0.2, 0.25) is 5.91 Å². The van der Waals surface area contributed by atoms with Gasteiger partial charge in [-0.3, -0.25) is 4.79 Å². The summed E-state index contributed by atoms with van der Waals surface area (Å²) in [7, 11) is -6.49. The number of carbonyl (C=O) groups is 3. The van der Waals surface area contributed by atoms with Crippen LogP contribution in [0.4, 0.5) is 9.59 Å². The SMILES string of the molecule is [2H]/C(=C(/[2H])C1([2H])C=C(OC([2H])([2H])[2H])CC([2H])(OC([2H])([2H])[2H])C1([2H])[2H])c1ccc(OC(=O)NCCNC(=O)CNC(=O)OC(C)(C)C)cc1. The summed E-state index contributed by atoms with van der Waals surface area (Å²) in [5, 5.41) is 7.12. The molecule has 0 aromatic heterocycles. The molecule has 198 valence electrons. The second kappa shape index (κ2) is 14.1. The molecule has 1 aromatic carbocycles. The van der Waals surface area contributed by atoms with Gasteiger partial charge in [-0.2, -0.15) is 0 Å². The standard InChI is InChI=1S/C26H37N3O7/c1-26(2,3)36-25(32)29-17-23(30)27-12-13-28-24(31)35-20-10-8-18(9-11-20)6-7-19-14-21(33-4)16-22(15-19)34-5/h6-11,14,19,22H,12-13,15-17H2,1-5H3,(H,27,30)(H,28,31)(H,29,32)/b7-6+/i4D3,5D3,6D,7D,15D2,19D,22D. The summed E-state index contributed by atoms with van der Waals surface area (Å²) in [5.41, 5.74) is -0.812. The van der Waals surface area contributed by atoms with Crippen molar-refractivity contribution in [2.45, 2.75) is 45.2 Å². The number of hydrogen-bond acceptors (Lipinski definition) is 7. The summed E-state index contributed by atoms with van der Waals surface area (Å²) in [4.78, 5) is 35.6. The molecule has 3 amide bonds. The maximum Gasteiger partial charge on any atom is 0.412 e. The van der Waals surface area contributed by atoms with Crippen LogP contribution >= 0.6 is 0 Å². The lowest BCUT2D eigenvalue weighted by molar-refractivity contribution is -0.120. The third kappa shape index (κ3) is 11.3. The number of hydrogen-bond donors (Lipinski definition) is 3. The molecule has 0 radical (unpaired) electrons. The molecule has 1 aliphatic carbocycles. The summed E-state index contributed by atoms with van der Waals surface area (Å²) in [6.45, 7) is 4.60. The number of methoxy groups -OCH3 is 2. The molecular weight excluding hydrogens is 466 g/mol. The van der Waals surface area contributed by atoms with Gasteiger partial charge in [-0.05, 0) is 50.9 Å². The number of benzene rings is 1. The van der Waals surface area contributed by atoms with E-state index in [9.17, 15) is 14.4 Å². The van der Waals surface area contributed by atoms with Crippen LogP contribution < -0.4 is 20.7 Å². The summed E-state index contributed by atoms with van der Waals surface area (Å²) in [5.74, 6) is -4.31. The van der Waals surface area contributed by atoms with Crippen LogP contribution in [0.3, 0.4) is 0 Å². The monoisotopic (exact) mass is 515 g/mol. The molecule has 1 aromatic rings. The Morgan fingerprint density at radius 1 is 1.14 bits per heavy atom. The average molecular weight is 516 g/mol. The minimum Gasteiger partial charge on any atom is -0.501 e. The number of ether oxygens (including phenoxy) is 4. The van der Waals surface area contributed by atoms with Gasteiger partial charge < -0.3 is 34.9 Å². The van der Waals surface area contributed by atoms with Crippen LogP contribution in [0.5, 0.6) is 5.75 Å². The quantitative estimate of drug-likeness (QED) is 0.408. The Morgan fingerprint density at radius 2 is 1.89 bits per heavy atom. The number of allylic oxidation sites excluding steroid dienone is 2. The number of nitrogens with one attached hydrogen (secondary N) is 3. The van der Waals surface area contributed by atoms with Crippen molar-refractivity contribution < 1.29 is 49.8 Å². The minimum absolute atomic E-state index is 0.00488. The number of rotatable bonds is 10. The van der Waals surface area contributed by atoms with Gasteiger partial charge in [0.25, 0.3) is 0 Å². The third-order valence-electron chi connectivity index (χ3n) is 4.08. The molecule has 2 unspecified atom stereocenters. The molecule has 2 atom stereocenters. The lowest BCUT2D eigenvalue weighted by atomic mass is 9.91. The van der Waals surface area contributed by atoms with Crippen molar-refractivity contribution in [2.75, 3.05) is 33.7 Å². The highest BCUT2D eigenvalue weighted by Crippen LogP contribution is 2.27. The Bertz CT molecular complexity index is 1410. The highest BCUT2D eigenvalue weighted by molar-refractivity contribution is 5.82. The van der Waals surface area contributed by atoms with Gasteiger partial charge in [0.1, 0.15) is 11.4 Å². The fourth-order valence-electron chi connectivity index (χ4n) is 2.58. The van der Waals surface area contributed by atoms with Crippen LogP contribution in [0.25, 0.3) is 6.05 Å². The van der Waals surface area contributed by atoms with E-state index in [-0.39, 0.29) is 30.9 Å². The maximum absolute atomic E-state index is 12.2. The van der Waals surface area contributed by atoms with E-state index in [1.54, 1.807) is 20.8 Å². The van der Waals surface area contributed by atoms with Crippen LogP contribution in [-0.4, -0.2) is 63.5 Å². The molecule has 0 aliphatic heterocycles. The highest BCUT2D eigenvalue weighted by Gasteiger charge is 2.21. The van der Waals surface area contributed by atoms with Gasteiger partial charge in [-0.15, -0.1) is 0 Å². The van der Waals surface area contributed by atoms with Crippen molar-refractivity contribution in [3.63, 3.8) is 0 Å². The van der Waals surface area contributed by atoms with Gasteiger partial charge in [-0.25, -0.2) is 9.59 Å². The van der Waals surface area contributed by atoms with Gasteiger partial charge in [0, 0.05) is 36.6 Å². The first-order chi connectivity index (χ1) is 21.7. The molecule has 0 saturated heterocycles. The number of alkyl carbamates (subject to hydrolysis) is 1. The summed E-state index contributed by atoms with van der Waals surface area (Å²) < 4.78 is 115. The normalized spacial score (nSPS) is 29.2. The molecule has 3 N–H and O–H groups in total. The molecule has 0 fully saturated rings. The van der Waals surface area contributed by atoms with Crippen molar-refractivity contribution in [2.24, 2.45) is 5.89 Å². The lowest BCUT2D eigenvalue weighted by Crippen LogP contribution is -2.42. The third-order valence-corrected chi connectivity index (χ3v) is 4.08. The number of amides is 3. The Labute approximate surface area is 229 Å². The van der Waals surface area contributed by atoms with E-state index in [1.165, 1.54) is 24.3 Å². The first kappa shape index (κ1) is 15.6. The van der Waals surface area contributed by atoms with Crippen LogP contribution in [0.2, 0.25) is 0 Å².